The van der Waals surface area contributed by atoms with Gasteiger partial charge in [0, 0.05) is 19.0 Å². The molecule has 0 unspecified atom stereocenters. The molecule has 0 heterocycles. The Labute approximate surface area is 283 Å². The van der Waals surface area contributed by atoms with Crippen molar-refractivity contribution in [2.45, 2.75) is 43.8 Å². The standard InChI is InChI=1S/C33H31Cl4N3O4S/c1-22(2)38-33(42)30(19-23-10-5-3-6-11-23)39(20-24-16-17-26(34)28(36)18-24)31(41)21-40(29-15-9-14-27(35)32(29)37)45(43,44)25-12-7-4-8-13-25/h3-18,22,30H,19-21H2,1-2H3,(H,38,42)/t30-/m1/s1. The molecule has 1 atom stereocenters. The van der Waals surface area contributed by atoms with E-state index in [-0.39, 0.29) is 44.7 Å². The van der Waals surface area contributed by atoms with Gasteiger partial charge in [0.15, 0.2) is 0 Å². The number of amides is 2. The summed E-state index contributed by atoms with van der Waals surface area (Å²) in [4.78, 5) is 29.6. The summed E-state index contributed by atoms with van der Waals surface area (Å²) >= 11 is 25.3. The van der Waals surface area contributed by atoms with Crippen molar-refractivity contribution in [3.8, 4) is 0 Å². The summed E-state index contributed by atoms with van der Waals surface area (Å²) < 4.78 is 29.1. The molecule has 2 amide bonds. The Hall–Kier alpha value is -3.27. The van der Waals surface area contributed by atoms with Crippen LogP contribution in [-0.4, -0.2) is 43.8 Å². The molecule has 0 bridgehead atoms. The lowest BCUT2D eigenvalue weighted by Gasteiger charge is -2.34. The van der Waals surface area contributed by atoms with Crippen LogP contribution in [0.4, 0.5) is 5.69 Å². The lowest BCUT2D eigenvalue weighted by Crippen LogP contribution is -2.54. The predicted molar refractivity (Wildman–Crippen MR) is 182 cm³/mol. The van der Waals surface area contributed by atoms with E-state index >= 15 is 0 Å². The molecule has 7 nitrogen and oxygen atoms in total. The van der Waals surface area contributed by atoms with E-state index in [4.69, 9.17) is 46.4 Å². The van der Waals surface area contributed by atoms with Crippen molar-refractivity contribution in [3.63, 3.8) is 0 Å². The highest BCUT2D eigenvalue weighted by molar-refractivity contribution is 7.92. The van der Waals surface area contributed by atoms with Crippen LogP contribution in [0.25, 0.3) is 0 Å². The highest BCUT2D eigenvalue weighted by Crippen LogP contribution is 2.36. The lowest BCUT2D eigenvalue weighted by molar-refractivity contribution is -0.140. The summed E-state index contributed by atoms with van der Waals surface area (Å²) in [6.07, 6.45) is 0.163. The molecule has 0 aliphatic heterocycles. The number of sulfonamides is 1. The van der Waals surface area contributed by atoms with Crippen molar-refractivity contribution in [1.82, 2.24) is 10.2 Å². The zero-order valence-corrected chi connectivity index (χ0v) is 28.3. The zero-order chi connectivity index (χ0) is 32.7. The van der Waals surface area contributed by atoms with Gasteiger partial charge in [-0.1, -0.05) is 107 Å². The summed E-state index contributed by atoms with van der Waals surface area (Å²) in [5, 5.41) is 3.58. The average Bonchev–Trinajstić information content (AvgIpc) is 3.01. The Morgan fingerprint density at radius 1 is 0.756 bits per heavy atom. The molecule has 0 fully saturated rings. The molecule has 0 saturated carbocycles. The minimum absolute atomic E-state index is 0.0158. The normalized spacial score (nSPS) is 12.1. The molecule has 4 aromatic carbocycles. The Bertz CT molecular complexity index is 1760. The second-order valence-electron chi connectivity index (χ2n) is 10.5. The molecular weight excluding hydrogens is 676 g/mol. The quantitative estimate of drug-likeness (QED) is 0.164. The number of carbonyl (C=O) groups excluding carboxylic acids is 2. The van der Waals surface area contributed by atoms with Crippen molar-refractivity contribution in [2.24, 2.45) is 0 Å². The maximum atomic E-state index is 14.5. The van der Waals surface area contributed by atoms with Crippen LogP contribution < -0.4 is 9.62 Å². The number of hydrogen-bond donors (Lipinski definition) is 1. The van der Waals surface area contributed by atoms with Gasteiger partial charge in [0.2, 0.25) is 11.8 Å². The van der Waals surface area contributed by atoms with E-state index in [9.17, 15) is 18.0 Å². The summed E-state index contributed by atoms with van der Waals surface area (Å²) in [6, 6.07) is 25.1. The molecule has 0 aromatic heterocycles. The maximum absolute atomic E-state index is 14.5. The van der Waals surface area contributed by atoms with Crippen LogP contribution in [0.1, 0.15) is 25.0 Å². The van der Waals surface area contributed by atoms with Crippen LogP contribution in [-0.2, 0) is 32.6 Å². The fourth-order valence-corrected chi connectivity index (χ4v) is 6.90. The molecule has 0 aliphatic rings. The molecule has 0 aliphatic carbocycles. The van der Waals surface area contributed by atoms with Gasteiger partial charge in [-0.15, -0.1) is 0 Å². The van der Waals surface area contributed by atoms with Gasteiger partial charge in [-0.2, -0.15) is 0 Å². The van der Waals surface area contributed by atoms with Gasteiger partial charge in [-0.3, -0.25) is 13.9 Å². The van der Waals surface area contributed by atoms with Crippen LogP contribution in [0, 0.1) is 0 Å². The highest BCUT2D eigenvalue weighted by atomic mass is 35.5. The van der Waals surface area contributed by atoms with Gasteiger partial charge >= 0.3 is 0 Å². The molecule has 0 radical (unpaired) electrons. The van der Waals surface area contributed by atoms with Crippen molar-refractivity contribution in [3.05, 3.63) is 128 Å². The average molecular weight is 708 g/mol. The first-order valence-corrected chi connectivity index (χ1v) is 16.9. The zero-order valence-electron chi connectivity index (χ0n) is 24.5. The topological polar surface area (TPSA) is 86.8 Å². The minimum atomic E-state index is -4.33. The van der Waals surface area contributed by atoms with Gasteiger partial charge in [0.1, 0.15) is 12.6 Å². The van der Waals surface area contributed by atoms with E-state index in [1.807, 2.05) is 44.2 Å². The van der Waals surface area contributed by atoms with Crippen molar-refractivity contribution >= 4 is 73.9 Å². The Kier molecular flexibility index (Phi) is 11.8. The second kappa shape index (κ2) is 15.3. The third kappa shape index (κ3) is 8.71. The number of carbonyl (C=O) groups is 2. The van der Waals surface area contributed by atoms with E-state index in [1.165, 1.54) is 29.2 Å². The molecule has 12 heteroatoms. The van der Waals surface area contributed by atoms with Gasteiger partial charge in [-0.25, -0.2) is 8.42 Å². The second-order valence-corrected chi connectivity index (χ2v) is 14.0. The van der Waals surface area contributed by atoms with Crippen LogP contribution in [0.5, 0.6) is 0 Å². The van der Waals surface area contributed by atoms with E-state index < -0.39 is 34.4 Å². The van der Waals surface area contributed by atoms with Crippen LogP contribution in [0.3, 0.4) is 0 Å². The fourth-order valence-electron chi connectivity index (χ4n) is 4.69. The number of halogens is 4. The molecule has 1 N–H and O–H groups in total. The Morgan fingerprint density at radius 2 is 1.40 bits per heavy atom. The van der Waals surface area contributed by atoms with E-state index in [1.54, 1.807) is 42.5 Å². The predicted octanol–water partition coefficient (Wildman–Crippen LogP) is 7.66. The summed E-state index contributed by atoms with van der Waals surface area (Å²) in [5.41, 5.74) is 1.41. The first-order chi connectivity index (χ1) is 21.4. The van der Waals surface area contributed by atoms with Gasteiger partial charge in [-0.05, 0) is 61.4 Å². The van der Waals surface area contributed by atoms with Gasteiger partial charge in [0.25, 0.3) is 10.0 Å². The Morgan fingerprint density at radius 3 is 2.02 bits per heavy atom. The van der Waals surface area contributed by atoms with Gasteiger partial charge < -0.3 is 10.2 Å². The number of nitrogens with one attached hydrogen (secondary N) is 1. The number of rotatable bonds is 12. The van der Waals surface area contributed by atoms with E-state index in [0.29, 0.717) is 10.6 Å². The largest absolute Gasteiger partial charge is 0.352 e. The fraction of sp³-hybridized carbons (Fsp3) is 0.212. The van der Waals surface area contributed by atoms with Crippen molar-refractivity contribution in [1.29, 1.82) is 0 Å². The molecule has 236 valence electrons. The monoisotopic (exact) mass is 705 g/mol. The first kappa shape index (κ1) is 34.6. The third-order valence-electron chi connectivity index (χ3n) is 6.85. The number of benzene rings is 4. The molecule has 0 saturated heterocycles. The number of hydrogen-bond acceptors (Lipinski definition) is 4. The number of anilines is 1. The lowest BCUT2D eigenvalue weighted by atomic mass is 10.0. The molecular formula is C33H31Cl4N3O4S. The van der Waals surface area contributed by atoms with Crippen LogP contribution >= 0.6 is 46.4 Å². The minimum Gasteiger partial charge on any atom is -0.352 e. The van der Waals surface area contributed by atoms with Crippen LogP contribution in [0.2, 0.25) is 20.1 Å². The van der Waals surface area contributed by atoms with Gasteiger partial charge in [0.05, 0.1) is 30.7 Å². The Balaban J connectivity index is 1.84. The number of nitrogens with zero attached hydrogens (tertiary/aromatic N) is 2. The van der Waals surface area contributed by atoms with Crippen molar-refractivity contribution in [2.75, 3.05) is 10.8 Å². The summed E-state index contributed by atoms with van der Waals surface area (Å²) in [7, 11) is -4.33. The highest BCUT2D eigenvalue weighted by Gasteiger charge is 2.35. The third-order valence-corrected chi connectivity index (χ3v) is 10.2. The van der Waals surface area contributed by atoms with E-state index in [0.717, 1.165) is 9.87 Å². The smallest absolute Gasteiger partial charge is 0.264 e. The SMILES string of the molecule is CC(C)NC(=O)[C@@H](Cc1ccccc1)N(Cc1ccc(Cl)c(Cl)c1)C(=O)CN(c1cccc(Cl)c1Cl)S(=O)(=O)c1ccccc1. The van der Waals surface area contributed by atoms with Crippen molar-refractivity contribution < 1.29 is 18.0 Å². The molecule has 45 heavy (non-hydrogen) atoms. The first-order valence-electron chi connectivity index (χ1n) is 14.0. The maximum Gasteiger partial charge on any atom is 0.264 e. The van der Waals surface area contributed by atoms with E-state index in [2.05, 4.69) is 5.32 Å². The molecule has 4 aromatic rings. The molecule has 4 rings (SSSR count). The summed E-state index contributed by atoms with van der Waals surface area (Å²) in [5.74, 6) is -1.06. The summed E-state index contributed by atoms with van der Waals surface area (Å²) in [6.45, 7) is 2.88. The molecule has 0 spiro atoms. The van der Waals surface area contributed by atoms with Crippen LogP contribution in [0.15, 0.2) is 102 Å².